The Kier molecular flexibility index (Phi) is 12.5. The predicted molar refractivity (Wildman–Crippen MR) is 91.6 cm³/mol. The van der Waals surface area contributed by atoms with Crippen molar-refractivity contribution in [3.63, 3.8) is 0 Å². The van der Waals surface area contributed by atoms with Gasteiger partial charge in [-0.2, -0.15) is 0 Å². The molecule has 27 heavy (non-hydrogen) atoms. The Morgan fingerprint density at radius 2 is 1.56 bits per heavy atom. The van der Waals surface area contributed by atoms with E-state index in [1.54, 1.807) is 0 Å². The van der Waals surface area contributed by atoms with Crippen LogP contribution in [0.3, 0.4) is 0 Å². The highest BCUT2D eigenvalue weighted by atomic mass is 16.6. The van der Waals surface area contributed by atoms with Gasteiger partial charge in [0.15, 0.2) is 0 Å². The number of nitrogens with one attached hydrogen (secondary N) is 1. The number of amides is 2. The summed E-state index contributed by atoms with van der Waals surface area (Å²) in [6.07, 6.45) is -0.835. The number of hydrogen-bond acceptors (Lipinski definition) is 9. The number of hydrogen-bond donors (Lipinski definition) is 2. The zero-order valence-electron chi connectivity index (χ0n) is 15.0. The maximum atomic E-state index is 11.6. The second-order valence-corrected chi connectivity index (χ2v) is 4.92. The number of carbonyl (C=O) groups is 4. The maximum absolute atomic E-state index is 11.6. The largest absolute Gasteiger partial charge is 0.461 e. The highest BCUT2D eigenvalue weighted by molar-refractivity contribution is 5.81. The molecule has 11 heteroatoms. The highest BCUT2D eigenvalue weighted by Crippen LogP contribution is 1.95. The number of esters is 2. The zero-order valence-corrected chi connectivity index (χ0v) is 15.0. The second kappa shape index (κ2) is 14.1. The van der Waals surface area contributed by atoms with E-state index in [4.69, 9.17) is 14.2 Å². The molecular formula is C16H24N2O9. The molecule has 0 spiro atoms. The minimum Gasteiger partial charge on any atom is -0.461 e. The van der Waals surface area contributed by atoms with E-state index < -0.39 is 43.4 Å². The number of ether oxygens (including phenoxy) is 4. The summed E-state index contributed by atoms with van der Waals surface area (Å²) in [6, 6.07) is 0. The van der Waals surface area contributed by atoms with Gasteiger partial charge in [0.2, 0.25) is 0 Å². The van der Waals surface area contributed by atoms with Crippen LogP contribution in [0.5, 0.6) is 0 Å². The Morgan fingerprint density at radius 3 is 2.15 bits per heavy atom. The molecule has 0 aliphatic carbocycles. The second-order valence-electron chi connectivity index (χ2n) is 4.92. The van der Waals surface area contributed by atoms with Gasteiger partial charge in [0.1, 0.15) is 32.5 Å². The first-order valence-electron chi connectivity index (χ1n) is 7.85. The summed E-state index contributed by atoms with van der Waals surface area (Å²) in [7, 11) is 1.42. The van der Waals surface area contributed by atoms with Crippen molar-refractivity contribution < 1.29 is 43.2 Å². The molecule has 1 atom stereocenters. The fourth-order valence-electron chi connectivity index (χ4n) is 1.35. The van der Waals surface area contributed by atoms with Gasteiger partial charge in [-0.05, 0) is 0 Å². The topological polar surface area (TPSA) is 141 Å². The van der Waals surface area contributed by atoms with Gasteiger partial charge >= 0.3 is 24.1 Å². The number of nitrogens with zero attached hydrogens (tertiary/aromatic N) is 1. The van der Waals surface area contributed by atoms with Crippen LogP contribution in [0.1, 0.15) is 0 Å². The van der Waals surface area contributed by atoms with Gasteiger partial charge in [0.25, 0.3) is 0 Å². The van der Waals surface area contributed by atoms with Gasteiger partial charge in [0, 0.05) is 19.2 Å². The van der Waals surface area contributed by atoms with Gasteiger partial charge < -0.3 is 34.3 Å². The third-order valence-corrected chi connectivity index (χ3v) is 2.74. The average Bonchev–Trinajstić information content (AvgIpc) is 2.66. The molecule has 0 bridgehead atoms. The molecule has 0 aliphatic rings. The molecule has 0 aromatic rings. The lowest BCUT2D eigenvalue weighted by molar-refractivity contribution is -0.138. The van der Waals surface area contributed by atoms with Crippen LogP contribution in [0.2, 0.25) is 0 Å². The lowest BCUT2D eigenvalue weighted by Crippen LogP contribution is -2.35. The molecule has 11 nitrogen and oxygen atoms in total. The Balaban J connectivity index is 3.83. The van der Waals surface area contributed by atoms with E-state index >= 15 is 0 Å². The number of alkyl carbamates (subject to hydrolysis) is 1. The number of aliphatic hydroxyl groups excluding tert-OH is 1. The Labute approximate surface area is 156 Å². The van der Waals surface area contributed by atoms with Crippen LogP contribution < -0.4 is 5.32 Å². The van der Waals surface area contributed by atoms with Crippen LogP contribution in [0, 0.1) is 0 Å². The Morgan fingerprint density at radius 1 is 1.00 bits per heavy atom. The molecular weight excluding hydrogens is 364 g/mol. The summed E-state index contributed by atoms with van der Waals surface area (Å²) in [5.74, 6) is -1.23. The van der Waals surface area contributed by atoms with E-state index in [0.717, 1.165) is 17.1 Å². The van der Waals surface area contributed by atoms with Gasteiger partial charge in [-0.15, -0.1) is 0 Å². The molecule has 0 fully saturated rings. The van der Waals surface area contributed by atoms with Gasteiger partial charge in [-0.3, -0.25) is 0 Å². The first-order valence-corrected chi connectivity index (χ1v) is 7.85. The fraction of sp³-hybridized carbons (Fsp3) is 0.500. The van der Waals surface area contributed by atoms with E-state index in [9.17, 15) is 24.3 Å². The first-order chi connectivity index (χ1) is 12.8. The molecule has 0 rings (SSSR count). The Bertz CT molecular complexity index is 536. The first kappa shape index (κ1) is 23.9. The lowest BCUT2D eigenvalue weighted by Gasteiger charge is -2.18. The minimum absolute atomic E-state index is 0.0186. The van der Waals surface area contributed by atoms with Crippen molar-refractivity contribution in [2.24, 2.45) is 0 Å². The number of carbonyl (C=O) groups excluding carboxylic acids is 4. The van der Waals surface area contributed by atoms with Crippen LogP contribution in [0.4, 0.5) is 9.59 Å². The van der Waals surface area contributed by atoms with Crippen molar-refractivity contribution in [3.8, 4) is 0 Å². The van der Waals surface area contributed by atoms with E-state index in [-0.39, 0.29) is 26.3 Å². The quantitative estimate of drug-likeness (QED) is 0.198. The monoisotopic (exact) mass is 388 g/mol. The standard InChI is InChI=1S/C16H24N2O9/c1-4-13(20)24-8-6-17-15(22)26-10-12(19)11-27-16(23)18(3)7-9-25-14(21)5-2/h4-5,12,19H,1-2,6-11H2,3H3,(H,17,22). The third-order valence-electron chi connectivity index (χ3n) is 2.74. The summed E-state index contributed by atoms with van der Waals surface area (Å²) < 4.78 is 18.9. The van der Waals surface area contributed by atoms with Crippen molar-refractivity contribution in [2.45, 2.75) is 6.10 Å². The van der Waals surface area contributed by atoms with E-state index in [1.165, 1.54) is 7.05 Å². The summed E-state index contributed by atoms with van der Waals surface area (Å²) in [5, 5.41) is 11.9. The van der Waals surface area contributed by atoms with Crippen LogP contribution in [0.25, 0.3) is 0 Å². The smallest absolute Gasteiger partial charge is 0.409 e. The number of aliphatic hydroxyl groups is 1. The third kappa shape index (κ3) is 12.9. The number of rotatable bonds is 12. The summed E-state index contributed by atoms with van der Waals surface area (Å²) in [5.41, 5.74) is 0. The molecule has 2 N–H and O–H groups in total. The molecule has 1 unspecified atom stereocenters. The lowest BCUT2D eigenvalue weighted by atomic mass is 10.4. The number of likely N-dealkylation sites (N-methyl/N-ethyl adjacent to an activating group) is 1. The minimum atomic E-state index is -1.23. The molecule has 2 amide bonds. The van der Waals surface area contributed by atoms with Crippen molar-refractivity contribution in [1.29, 1.82) is 0 Å². The molecule has 0 radical (unpaired) electrons. The summed E-state index contributed by atoms with van der Waals surface area (Å²) >= 11 is 0. The molecule has 0 heterocycles. The molecule has 0 aromatic heterocycles. The normalized spacial score (nSPS) is 10.7. The van der Waals surface area contributed by atoms with E-state index in [1.807, 2.05) is 0 Å². The van der Waals surface area contributed by atoms with Gasteiger partial charge in [-0.1, -0.05) is 13.2 Å². The molecule has 0 aliphatic heterocycles. The fourth-order valence-corrected chi connectivity index (χ4v) is 1.35. The molecule has 152 valence electrons. The van der Waals surface area contributed by atoms with Gasteiger partial charge in [-0.25, -0.2) is 19.2 Å². The zero-order chi connectivity index (χ0) is 20.7. The SMILES string of the molecule is C=CC(=O)OCCNC(=O)OCC(O)COC(=O)N(C)CCOC(=O)C=C. The van der Waals surface area contributed by atoms with Crippen LogP contribution in [0.15, 0.2) is 25.3 Å². The molecule has 0 saturated carbocycles. The van der Waals surface area contributed by atoms with Crippen molar-refractivity contribution in [2.75, 3.05) is 46.6 Å². The highest BCUT2D eigenvalue weighted by Gasteiger charge is 2.15. The van der Waals surface area contributed by atoms with Crippen LogP contribution >= 0.6 is 0 Å². The van der Waals surface area contributed by atoms with Crippen molar-refractivity contribution in [3.05, 3.63) is 25.3 Å². The van der Waals surface area contributed by atoms with E-state index in [2.05, 4.69) is 23.2 Å². The summed E-state index contributed by atoms with van der Waals surface area (Å²) in [4.78, 5) is 45.7. The van der Waals surface area contributed by atoms with Crippen molar-refractivity contribution >= 4 is 24.1 Å². The average molecular weight is 388 g/mol. The van der Waals surface area contributed by atoms with Crippen molar-refractivity contribution in [1.82, 2.24) is 10.2 Å². The molecule has 0 aromatic carbocycles. The summed E-state index contributed by atoms with van der Waals surface area (Å²) in [6.45, 7) is 5.64. The molecule has 0 saturated heterocycles. The van der Waals surface area contributed by atoms with Crippen LogP contribution in [-0.4, -0.2) is 86.8 Å². The van der Waals surface area contributed by atoms with Gasteiger partial charge in [0.05, 0.1) is 13.1 Å². The predicted octanol–water partition coefficient (Wildman–Crippen LogP) is -0.400. The Hall–Kier alpha value is -3.08. The maximum Gasteiger partial charge on any atom is 0.409 e. The van der Waals surface area contributed by atoms with Crippen LogP contribution in [-0.2, 0) is 28.5 Å². The van der Waals surface area contributed by atoms with E-state index in [0.29, 0.717) is 0 Å².